The fourth-order valence-corrected chi connectivity index (χ4v) is 2.68. The maximum Gasteiger partial charge on any atom is 0.256 e. The first kappa shape index (κ1) is 15.0. The van der Waals surface area contributed by atoms with Crippen molar-refractivity contribution in [3.8, 4) is 5.75 Å². The Kier molecular flexibility index (Phi) is 5.58. The van der Waals surface area contributed by atoms with Gasteiger partial charge in [-0.15, -0.1) is 11.3 Å². The van der Waals surface area contributed by atoms with Crippen molar-refractivity contribution in [2.24, 2.45) is 0 Å². The molecule has 0 spiro atoms. The molecule has 1 heterocycles. The quantitative estimate of drug-likeness (QED) is 0.802. The van der Waals surface area contributed by atoms with Crippen LogP contribution in [0.5, 0.6) is 5.75 Å². The molecule has 0 atom stereocenters. The number of carbonyl (C=O) groups is 1. The fraction of sp³-hybridized carbons (Fsp3) is 0.214. The Morgan fingerprint density at radius 1 is 1.35 bits per heavy atom. The molecule has 106 valence electrons. The molecule has 0 aliphatic rings. The van der Waals surface area contributed by atoms with Gasteiger partial charge in [0.2, 0.25) is 0 Å². The van der Waals surface area contributed by atoms with Crippen molar-refractivity contribution in [1.82, 2.24) is 0 Å². The lowest BCUT2D eigenvalue weighted by Crippen LogP contribution is -2.11. The number of carbonyl (C=O) groups excluding carboxylic acids is 1. The van der Waals surface area contributed by atoms with E-state index in [4.69, 9.17) is 9.47 Å². The standard InChI is InChI=1S/C14H14BrNO3S/c1-18-5-6-19-12-4-2-3-11(8-12)16-14(17)10-7-13(15)20-9-10/h2-4,7-9H,5-6H2,1H3,(H,16,17). The molecule has 1 amide bonds. The van der Waals surface area contributed by atoms with Crippen LogP contribution in [0.15, 0.2) is 39.5 Å². The zero-order valence-electron chi connectivity index (χ0n) is 10.9. The lowest BCUT2D eigenvalue weighted by atomic mass is 10.2. The van der Waals surface area contributed by atoms with Crippen LogP contribution in [0.4, 0.5) is 5.69 Å². The van der Waals surface area contributed by atoms with Crippen molar-refractivity contribution in [2.45, 2.75) is 0 Å². The molecular formula is C14H14BrNO3S. The molecule has 0 unspecified atom stereocenters. The molecule has 0 fully saturated rings. The molecule has 0 aliphatic heterocycles. The van der Waals surface area contributed by atoms with Crippen molar-refractivity contribution < 1.29 is 14.3 Å². The normalized spacial score (nSPS) is 10.3. The molecule has 2 rings (SSSR count). The van der Waals surface area contributed by atoms with Gasteiger partial charge in [-0.3, -0.25) is 4.79 Å². The topological polar surface area (TPSA) is 47.6 Å². The Hall–Kier alpha value is -1.37. The summed E-state index contributed by atoms with van der Waals surface area (Å²) in [6.45, 7) is 1.00. The van der Waals surface area contributed by atoms with Gasteiger partial charge in [0.15, 0.2) is 0 Å². The Labute approximate surface area is 129 Å². The van der Waals surface area contributed by atoms with Gasteiger partial charge < -0.3 is 14.8 Å². The number of amides is 1. The molecule has 1 aromatic carbocycles. The van der Waals surface area contributed by atoms with E-state index in [1.165, 1.54) is 11.3 Å². The molecule has 0 radical (unpaired) electrons. The molecule has 0 aliphatic carbocycles. The van der Waals surface area contributed by atoms with Crippen LogP contribution in [-0.4, -0.2) is 26.2 Å². The Morgan fingerprint density at radius 2 is 2.20 bits per heavy atom. The minimum atomic E-state index is -0.138. The van der Waals surface area contributed by atoms with Crippen molar-refractivity contribution in [3.05, 3.63) is 45.1 Å². The van der Waals surface area contributed by atoms with E-state index in [0.717, 1.165) is 3.79 Å². The number of benzene rings is 1. The molecule has 0 saturated carbocycles. The maximum atomic E-state index is 12.0. The highest BCUT2D eigenvalue weighted by Gasteiger charge is 2.08. The maximum absolute atomic E-state index is 12.0. The van der Waals surface area contributed by atoms with Crippen LogP contribution in [0.1, 0.15) is 10.4 Å². The van der Waals surface area contributed by atoms with E-state index in [-0.39, 0.29) is 5.91 Å². The summed E-state index contributed by atoms with van der Waals surface area (Å²) in [5.41, 5.74) is 1.33. The van der Waals surface area contributed by atoms with Gasteiger partial charge in [0, 0.05) is 24.2 Å². The van der Waals surface area contributed by atoms with Crippen LogP contribution in [0.3, 0.4) is 0 Å². The van der Waals surface area contributed by atoms with Crippen molar-refractivity contribution in [3.63, 3.8) is 0 Å². The zero-order valence-corrected chi connectivity index (χ0v) is 13.3. The summed E-state index contributed by atoms with van der Waals surface area (Å²) in [5.74, 6) is 0.562. The summed E-state index contributed by atoms with van der Waals surface area (Å²) in [5, 5.41) is 4.64. The third-order valence-electron chi connectivity index (χ3n) is 2.48. The summed E-state index contributed by atoms with van der Waals surface area (Å²) < 4.78 is 11.3. The van der Waals surface area contributed by atoms with Crippen LogP contribution < -0.4 is 10.1 Å². The highest BCUT2D eigenvalue weighted by molar-refractivity contribution is 9.11. The van der Waals surface area contributed by atoms with Gasteiger partial charge in [0.1, 0.15) is 12.4 Å². The summed E-state index contributed by atoms with van der Waals surface area (Å²) in [7, 11) is 1.62. The van der Waals surface area contributed by atoms with Crippen LogP contribution in [0, 0.1) is 0 Å². The molecule has 20 heavy (non-hydrogen) atoms. The van der Waals surface area contributed by atoms with Gasteiger partial charge in [-0.2, -0.15) is 0 Å². The molecule has 0 bridgehead atoms. The lowest BCUT2D eigenvalue weighted by molar-refractivity contribution is 0.102. The Bertz CT molecular complexity index is 585. The third kappa shape index (κ3) is 4.33. The van der Waals surface area contributed by atoms with Gasteiger partial charge in [-0.05, 0) is 34.1 Å². The summed E-state index contributed by atoms with van der Waals surface area (Å²) >= 11 is 4.82. The second kappa shape index (κ2) is 7.42. The largest absolute Gasteiger partial charge is 0.491 e. The van der Waals surface area contributed by atoms with Crippen LogP contribution >= 0.6 is 27.3 Å². The first-order chi connectivity index (χ1) is 9.69. The number of nitrogens with one attached hydrogen (secondary N) is 1. The van der Waals surface area contributed by atoms with Crippen molar-refractivity contribution >= 4 is 38.9 Å². The molecular weight excluding hydrogens is 342 g/mol. The number of hydrogen-bond donors (Lipinski definition) is 1. The van der Waals surface area contributed by atoms with E-state index in [1.54, 1.807) is 24.6 Å². The summed E-state index contributed by atoms with van der Waals surface area (Å²) in [6, 6.07) is 9.07. The number of ether oxygens (including phenoxy) is 2. The summed E-state index contributed by atoms with van der Waals surface area (Å²) in [4.78, 5) is 12.0. The third-order valence-corrected chi connectivity index (χ3v) is 3.98. The van der Waals surface area contributed by atoms with Crippen molar-refractivity contribution in [1.29, 1.82) is 0 Å². The van der Waals surface area contributed by atoms with Crippen molar-refractivity contribution in [2.75, 3.05) is 25.6 Å². The Morgan fingerprint density at radius 3 is 2.90 bits per heavy atom. The fourth-order valence-electron chi connectivity index (χ4n) is 1.54. The van der Waals surface area contributed by atoms with Crippen LogP contribution in [0.25, 0.3) is 0 Å². The van der Waals surface area contributed by atoms with E-state index < -0.39 is 0 Å². The van der Waals surface area contributed by atoms with Gasteiger partial charge in [0.05, 0.1) is 16.0 Å². The molecule has 1 N–H and O–H groups in total. The average molecular weight is 356 g/mol. The lowest BCUT2D eigenvalue weighted by Gasteiger charge is -2.08. The average Bonchev–Trinajstić information content (AvgIpc) is 2.86. The highest BCUT2D eigenvalue weighted by Crippen LogP contribution is 2.22. The van der Waals surface area contributed by atoms with Gasteiger partial charge in [-0.25, -0.2) is 0 Å². The monoisotopic (exact) mass is 355 g/mol. The minimum absolute atomic E-state index is 0.138. The SMILES string of the molecule is COCCOc1cccc(NC(=O)c2csc(Br)c2)c1. The number of methoxy groups -OCH3 is 1. The predicted molar refractivity (Wildman–Crippen MR) is 83.8 cm³/mol. The van der Waals surface area contributed by atoms with Gasteiger partial charge >= 0.3 is 0 Å². The number of rotatable bonds is 6. The first-order valence-corrected chi connectivity index (χ1v) is 7.63. The highest BCUT2D eigenvalue weighted by atomic mass is 79.9. The van der Waals surface area contributed by atoms with Crippen LogP contribution in [-0.2, 0) is 4.74 Å². The second-order valence-corrected chi connectivity index (χ2v) is 6.25. The number of thiophene rings is 1. The molecule has 2 aromatic rings. The molecule has 6 heteroatoms. The first-order valence-electron chi connectivity index (χ1n) is 5.96. The van der Waals surface area contributed by atoms with Gasteiger partial charge in [-0.1, -0.05) is 6.07 Å². The van der Waals surface area contributed by atoms with Gasteiger partial charge in [0.25, 0.3) is 5.91 Å². The minimum Gasteiger partial charge on any atom is -0.491 e. The molecule has 4 nitrogen and oxygen atoms in total. The Balaban J connectivity index is 1.98. The number of halogens is 1. The van der Waals surface area contributed by atoms with E-state index >= 15 is 0 Å². The van der Waals surface area contributed by atoms with E-state index in [1.807, 2.05) is 18.2 Å². The van der Waals surface area contributed by atoms with E-state index in [0.29, 0.717) is 30.2 Å². The van der Waals surface area contributed by atoms with E-state index in [9.17, 15) is 4.79 Å². The second-order valence-electron chi connectivity index (χ2n) is 3.96. The van der Waals surface area contributed by atoms with E-state index in [2.05, 4.69) is 21.2 Å². The summed E-state index contributed by atoms with van der Waals surface area (Å²) in [6.07, 6.45) is 0. The number of hydrogen-bond acceptors (Lipinski definition) is 4. The smallest absolute Gasteiger partial charge is 0.256 e. The van der Waals surface area contributed by atoms with Crippen LogP contribution in [0.2, 0.25) is 0 Å². The molecule has 0 saturated heterocycles. The predicted octanol–water partition coefficient (Wildman–Crippen LogP) is 3.79. The number of anilines is 1. The molecule has 1 aromatic heterocycles. The zero-order chi connectivity index (χ0) is 14.4.